The fourth-order valence-electron chi connectivity index (χ4n) is 1.45. The van der Waals surface area contributed by atoms with E-state index in [2.05, 4.69) is 10.6 Å². The van der Waals surface area contributed by atoms with Gasteiger partial charge in [-0.15, -0.1) is 0 Å². The summed E-state index contributed by atoms with van der Waals surface area (Å²) in [5, 5.41) is 14.2. The zero-order chi connectivity index (χ0) is 13.8. The molecule has 0 aromatic heterocycles. The topological polar surface area (TPSA) is 78.4 Å². The lowest BCUT2D eigenvalue weighted by Gasteiger charge is -2.21. The number of carboxylic acid groups (broad SMARTS) is 1. The van der Waals surface area contributed by atoms with E-state index in [1.54, 1.807) is 24.3 Å². The molecule has 1 rings (SSSR count). The molecule has 0 atom stereocenters. The predicted molar refractivity (Wildman–Crippen MR) is 69.7 cm³/mol. The number of carbonyl (C=O) groups is 2. The molecule has 1 aromatic carbocycles. The van der Waals surface area contributed by atoms with Gasteiger partial charge in [0.1, 0.15) is 0 Å². The number of amides is 2. The Labute approximate surface area is 106 Å². The van der Waals surface area contributed by atoms with Gasteiger partial charge in [0.2, 0.25) is 0 Å². The Morgan fingerprint density at radius 3 is 2.39 bits per heavy atom. The van der Waals surface area contributed by atoms with E-state index < -0.39 is 5.97 Å². The van der Waals surface area contributed by atoms with Crippen molar-refractivity contribution in [2.75, 3.05) is 5.32 Å². The normalized spacial score (nSPS) is 10.8. The van der Waals surface area contributed by atoms with Crippen LogP contribution >= 0.6 is 0 Å². The predicted octanol–water partition coefficient (Wildman–Crippen LogP) is 2.23. The summed E-state index contributed by atoms with van der Waals surface area (Å²) >= 11 is 0. The molecule has 2 amide bonds. The Hall–Kier alpha value is -2.04. The van der Waals surface area contributed by atoms with Gasteiger partial charge < -0.3 is 15.7 Å². The molecule has 5 heteroatoms. The molecular weight excluding hydrogens is 232 g/mol. The molecule has 0 bridgehead atoms. The van der Waals surface area contributed by atoms with Gasteiger partial charge in [-0.1, -0.05) is 18.2 Å². The Morgan fingerprint density at radius 2 is 1.83 bits per heavy atom. The highest BCUT2D eigenvalue weighted by molar-refractivity contribution is 5.91. The molecule has 0 aliphatic heterocycles. The van der Waals surface area contributed by atoms with E-state index in [0.717, 1.165) is 0 Å². The van der Waals surface area contributed by atoms with Crippen molar-refractivity contribution in [1.29, 1.82) is 0 Å². The van der Waals surface area contributed by atoms with Crippen LogP contribution in [0.2, 0.25) is 0 Å². The van der Waals surface area contributed by atoms with E-state index in [0.29, 0.717) is 11.3 Å². The van der Waals surface area contributed by atoms with Crippen LogP contribution in [0.1, 0.15) is 26.3 Å². The molecule has 0 saturated heterocycles. The summed E-state index contributed by atoms with van der Waals surface area (Å²) in [6.07, 6.45) is -0.119. The number of hydrogen-bond acceptors (Lipinski definition) is 2. The van der Waals surface area contributed by atoms with Gasteiger partial charge in [-0.3, -0.25) is 4.79 Å². The van der Waals surface area contributed by atoms with Crippen LogP contribution < -0.4 is 10.6 Å². The van der Waals surface area contributed by atoms with Crippen molar-refractivity contribution in [3.05, 3.63) is 29.8 Å². The first-order chi connectivity index (χ1) is 8.28. The van der Waals surface area contributed by atoms with Crippen molar-refractivity contribution in [2.45, 2.75) is 32.7 Å². The van der Waals surface area contributed by atoms with Gasteiger partial charge in [0.25, 0.3) is 0 Å². The summed E-state index contributed by atoms with van der Waals surface area (Å²) in [4.78, 5) is 22.4. The molecule has 5 nitrogen and oxygen atoms in total. The second kappa shape index (κ2) is 5.53. The average molecular weight is 250 g/mol. The van der Waals surface area contributed by atoms with Crippen LogP contribution in [0.15, 0.2) is 24.3 Å². The quantitative estimate of drug-likeness (QED) is 0.769. The van der Waals surface area contributed by atoms with Crippen LogP contribution in [0.3, 0.4) is 0 Å². The van der Waals surface area contributed by atoms with Gasteiger partial charge in [-0.25, -0.2) is 4.79 Å². The molecule has 0 spiro atoms. The summed E-state index contributed by atoms with van der Waals surface area (Å²) in [6, 6.07) is 6.50. The summed E-state index contributed by atoms with van der Waals surface area (Å²) in [6.45, 7) is 5.61. The third kappa shape index (κ3) is 4.86. The Bertz CT molecular complexity index is 450. The van der Waals surface area contributed by atoms with Gasteiger partial charge in [-0.05, 0) is 32.4 Å². The molecule has 0 radical (unpaired) electrons. The average Bonchev–Trinajstić information content (AvgIpc) is 2.17. The Balaban J connectivity index is 2.78. The second-order valence-electron chi connectivity index (χ2n) is 5.06. The van der Waals surface area contributed by atoms with E-state index in [9.17, 15) is 9.59 Å². The van der Waals surface area contributed by atoms with Crippen LogP contribution in [0, 0.1) is 0 Å². The fourth-order valence-corrected chi connectivity index (χ4v) is 1.45. The fraction of sp³-hybridized carbons (Fsp3) is 0.385. The van der Waals surface area contributed by atoms with Gasteiger partial charge in [0, 0.05) is 11.2 Å². The maximum atomic E-state index is 11.7. The smallest absolute Gasteiger partial charge is 0.319 e. The molecule has 0 aliphatic carbocycles. The van der Waals surface area contributed by atoms with E-state index in [1.807, 2.05) is 20.8 Å². The van der Waals surface area contributed by atoms with Crippen molar-refractivity contribution in [3.63, 3.8) is 0 Å². The summed E-state index contributed by atoms with van der Waals surface area (Å²) in [5.74, 6) is -0.930. The number of carbonyl (C=O) groups excluding carboxylic acids is 1. The molecule has 0 aliphatic rings. The van der Waals surface area contributed by atoms with Crippen molar-refractivity contribution < 1.29 is 14.7 Å². The first-order valence-corrected chi connectivity index (χ1v) is 5.67. The number of carboxylic acids is 1. The van der Waals surface area contributed by atoms with E-state index in [4.69, 9.17) is 5.11 Å². The zero-order valence-corrected chi connectivity index (χ0v) is 10.8. The molecule has 0 heterocycles. The molecule has 0 unspecified atom stereocenters. The Morgan fingerprint density at radius 1 is 1.22 bits per heavy atom. The molecule has 98 valence electrons. The Kier molecular flexibility index (Phi) is 4.31. The number of benzene rings is 1. The third-order valence-corrected chi connectivity index (χ3v) is 2.10. The van der Waals surface area contributed by atoms with E-state index in [1.165, 1.54) is 0 Å². The minimum atomic E-state index is -0.930. The first kappa shape index (κ1) is 14.0. The molecule has 3 N–H and O–H groups in total. The second-order valence-corrected chi connectivity index (χ2v) is 5.06. The standard InChI is InChI=1S/C13H18N2O3/c1-13(2,3)15-12(18)14-10-7-5-4-6-9(10)8-11(16)17/h4-7H,8H2,1-3H3,(H,16,17)(H2,14,15,18). The lowest BCUT2D eigenvalue weighted by atomic mass is 10.1. The van der Waals surface area contributed by atoms with Crippen molar-refractivity contribution in [2.24, 2.45) is 0 Å². The number of rotatable bonds is 3. The minimum absolute atomic E-state index is 0.119. The molecular formula is C13H18N2O3. The van der Waals surface area contributed by atoms with Gasteiger partial charge in [-0.2, -0.15) is 0 Å². The summed E-state index contributed by atoms with van der Waals surface area (Å²) in [5.41, 5.74) is 0.752. The van der Waals surface area contributed by atoms with Crippen LogP contribution in [-0.4, -0.2) is 22.6 Å². The summed E-state index contributed by atoms with van der Waals surface area (Å²) in [7, 11) is 0. The zero-order valence-electron chi connectivity index (χ0n) is 10.8. The SMILES string of the molecule is CC(C)(C)NC(=O)Nc1ccccc1CC(=O)O. The third-order valence-electron chi connectivity index (χ3n) is 2.10. The summed E-state index contributed by atoms with van der Waals surface area (Å²) < 4.78 is 0. The number of aliphatic carboxylic acids is 1. The van der Waals surface area contributed by atoms with Crippen LogP contribution in [0.4, 0.5) is 10.5 Å². The van der Waals surface area contributed by atoms with E-state index >= 15 is 0 Å². The van der Waals surface area contributed by atoms with Gasteiger partial charge >= 0.3 is 12.0 Å². The number of nitrogens with one attached hydrogen (secondary N) is 2. The maximum absolute atomic E-state index is 11.7. The molecule has 0 fully saturated rings. The minimum Gasteiger partial charge on any atom is -0.481 e. The number of para-hydroxylation sites is 1. The van der Waals surface area contributed by atoms with Crippen LogP contribution in [-0.2, 0) is 11.2 Å². The highest BCUT2D eigenvalue weighted by Gasteiger charge is 2.15. The van der Waals surface area contributed by atoms with Crippen molar-refractivity contribution in [1.82, 2.24) is 5.32 Å². The van der Waals surface area contributed by atoms with E-state index in [-0.39, 0.29) is 18.0 Å². The molecule has 0 saturated carbocycles. The van der Waals surface area contributed by atoms with Crippen LogP contribution in [0.25, 0.3) is 0 Å². The van der Waals surface area contributed by atoms with Crippen LogP contribution in [0.5, 0.6) is 0 Å². The molecule has 18 heavy (non-hydrogen) atoms. The first-order valence-electron chi connectivity index (χ1n) is 5.67. The highest BCUT2D eigenvalue weighted by atomic mass is 16.4. The monoisotopic (exact) mass is 250 g/mol. The van der Waals surface area contributed by atoms with Crippen molar-refractivity contribution >= 4 is 17.7 Å². The number of hydrogen-bond donors (Lipinski definition) is 3. The van der Waals surface area contributed by atoms with Gasteiger partial charge in [0.05, 0.1) is 6.42 Å². The number of urea groups is 1. The largest absolute Gasteiger partial charge is 0.481 e. The van der Waals surface area contributed by atoms with Crippen molar-refractivity contribution in [3.8, 4) is 0 Å². The number of anilines is 1. The lowest BCUT2D eigenvalue weighted by Crippen LogP contribution is -2.43. The maximum Gasteiger partial charge on any atom is 0.319 e. The highest BCUT2D eigenvalue weighted by Crippen LogP contribution is 2.15. The lowest BCUT2D eigenvalue weighted by molar-refractivity contribution is -0.136. The molecule has 1 aromatic rings. The van der Waals surface area contributed by atoms with Gasteiger partial charge in [0.15, 0.2) is 0 Å².